The molecule has 46 heavy (non-hydrogen) atoms. The smallest absolute Gasteiger partial charge is 0.337 e. The fourth-order valence-electron chi connectivity index (χ4n) is 13.0. The molecule has 5 heteroatoms. The molecule has 3 N–H and O–H groups in total. The van der Waals surface area contributed by atoms with Crippen LogP contribution in [0.2, 0.25) is 0 Å². The quantitative estimate of drug-likeness (QED) is 0.180. The molecule has 252 valence electrons. The molecule has 6 rings (SSSR count). The van der Waals surface area contributed by atoms with Crippen molar-refractivity contribution in [2.45, 2.75) is 106 Å². The zero-order valence-electron chi connectivity index (χ0n) is 29.8. The second kappa shape index (κ2) is 11.6. The first kappa shape index (κ1) is 33.5. The number of hydrogen-bond donors (Lipinski definition) is 2. The monoisotopic (exact) mass is 628 g/mol. The molecule has 0 bridgehead atoms. The molecule has 5 aliphatic rings. The molecule has 5 nitrogen and oxygen atoms in total. The second-order valence-corrected chi connectivity index (χ2v) is 17.4. The van der Waals surface area contributed by atoms with Gasteiger partial charge in [0.25, 0.3) is 0 Å². The Morgan fingerprint density at radius 1 is 0.935 bits per heavy atom. The van der Waals surface area contributed by atoms with Crippen LogP contribution in [0.25, 0.3) is 5.57 Å². The van der Waals surface area contributed by atoms with Crippen molar-refractivity contribution in [1.29, 1.82) is 0 Å². The van der Waals surface area contributed by atoms with Gasteiger partial charge in [0.2, 0.25) is 5.91 Å². The van der Waals surface area contributed by atoms with Crippen LogP contribution < -0.4 is 11.1 Å². The van der Waals surface area contributed by atoms with Gasteiger partial charge in [0, 0.05) is 6.54 Å². The normalized spacial score (nSPS) is 40.8. The Kier molecular flexibility index (Phi) is 8.47. The van der Waals surface area contributed by atoms with Crippen molar-refractivity contribution in [2.75, 3.05) is 20.2 Å². The molecule has 1 amide bonds. The van der Waals surface area contributed by atoms with Gasteiger partial charge in [-0.25, -0.2) is 4.79 Å². The fraction of sp³-hybridized carbons (Fsp3) is 0.707. The third kappa shape index (κ3) is 4.64. The Hall–Kier alpha value is -2.40. The van der Waals surface area contributed by atoms with Crippen LogP contribution in [0.1, 0.15) is 122 Å². The molecule has 0 aromatic heterocycles. The van der Waals surface area contributed by atoms with Gasteiger partial charge in [-0.2, -0.15) is 0 Å². The molecule has 9 unspecified atom stereocenters. The van der Waals surface area contributed by atoms with Gasteiger partial charge in [0.15, 0.2) is 0 Å². The fourth-order valence-corrected chi connectivity index (χ4v) is 13.0. The third-order valence-electron chi connectivity index (χ3n) is 15.4. The number of esters is 1. The molecule has 9 atom stereocenters. The number of nitrogens with one attached hydrogen (secondary N) is 1. The van der Waals surface area contributed by atoms with E-state index in [4.69, 9.17) is 10.5 Å². The van der Waals surface area contributed by atoms with Crippen molar-refractivity contribution >= 4 is 17.4 Å². The number of fused-ring (bicyclic) bond motifs is 7. The summed E-state index contributed by atoms with van der Waals surface area (Å²) in [5.74, 6) is 2.60. The van der Waals surface area contributed by atoms with Gasteiger partial charge in [-0.05, 0) is 152 Å². The van der Waals surface area contributed by atoms with E-state index in [0.29, 0.717) is 54.1 Å². The number of hydrogen-bond acceptors (Lipinski definition) is 4. The first-order valence-electron chi connectivity index (χ1n) is 18.2. The van der Waals surface area contributed by atoms with Gasteiger partial charge >= 0.3 is 5.97 Å². The molecule has 4 fully saturated rings. The molecule has 1 aromatic rings. The standard InChI is InChI=1S/C41H60N2O3/c1-26(2)29-16-21-41(36(45)43-25-9-24-42)23-22-39(6)31(34(29)41)14-15-33-38(5)19-17-30(27-10-12-28(13-11-27)35(44)46-8)37(3,4)32(38)18-20-40(33,39)7/h10-13,17,29,31-34H,1,9,14-16,18-25,42H2,2-8H3,(H,43,45). The van der Waals surface area contributed by atoms with E-state index in [1.807, 2.05) is 12.1 Å². The number of allylic oxidation sites excluding steroid dienone is 3. The van der Waals surface area contributed by atoms with Gasteiger partial charge in [-0.1, -0.05) is 65.0 Å². The summed E-state index contributed by atoms with van der Waals surface area (Å²) in [6.45, 7) is 20.9. The van der Waals surface area contributed by atoms with Crippen molar-refractivity contribution in [2.24, 2.45) is 62.4 Å². The lowest BCUT2D eigenvalue weighted by Gasteiger charge is -2.72. The largest absolute Gasteiger partial charge is 0.465 e. The van der Waals surface area contributed by atoms with E-state index in [2.05, 4.69) is 71.6 Å². The maximum atomic E-state index is 14.1. The minimum Gasteiger partial charge on any atom is -0.465 e. The molecule has 0 saturated heterocycles. The average Bonchev–Trinajstić information content (AvgIpc) is 3.42. The molecule has 0 radical (unpaired) electrons. The van der Waals surface area contributed by atoms with Crippen molar-refractivity contribution in [3.05, 3.63) is 53.6 Å². The Morgan fingerprint density at radius 3 is 2.30 bits per heavy atom. The number of carbonyl (C=O) groups is 2. The van der Waals surface area contributed by atoms with E-state index in [1.54, 1.807) is 0 Å². The molecule has 1 aromatic carbocycles. The van der Waals surface area contributed by atoms with Crippen molar-refractivity contribution in [1.82, 2.24) is 5.32 Å². The summed E-state index contributed by atoms with van der Waals surface area (Å²) in [6, 6.07) is 8.05. The van der Waals surface area contributed by atoms with Crippen LogP contribution in [-0.4, -0.2) is 32.1 Å². The minimum atomic E-state index is -0.286. The number of rotatable bonds is 7. The SMILES string of the molecule is C=C(C)C1CCC2(C(=O)NCCCN)CCC3(C)C(CCC4C5(C)CC=C(c6ccc(C(=O)OC)cc6)C(C)(C)C5CCC43C)C12. The van der Waals surface area contributed by atoms with E-state index >= 15 is 0 Å². The maximum absolute atomic E-state index is 14.1. The van der Waals surface area contributed by atoms with Crippen LogP contribution in [-0.2, 0) is 9.53 Å². The highest BCUT2D eigenvalue weighted by atomic mass is 16.5. The van der Waals surface area contributed by atoms with Gasteiger partial charge in [-0.3, -0.25) is 4.79 Å². The summed E-state index contributed by atoms with van der Waals surface area (Å²) in [5, 5.41) is 3.35. The maximum Gasteiger partial charge on any atom is 0.337 e. The predicted molar refractivity (Wildman–Crippen MR) is 187 cm³/mol. The summed E-state index contributed by atoms with van der Waals surface area (Å²) in [7, 11) is 1.44. The Balaban J connectivity index is 1.33. The van der Waals surface area contributed by atoms with Crippen molar-refractivity contribution in [3.8, 4) is 0 Å². The highest BCUT2D eigenvalue weighted by Gasteiger charge is 2.71. The lowest BCUT2D eigenvalue weighted by Crippen LogP contribution is -2.66. The number of ether oxygens (including phenoxy) is 1. The average molecular weight is 629 g/mol. The topological polar surface area (TPSA) is 81.4 Å². The lowest BCUT2D eigenvalue weighted by molar-refractivity contribution is -0.225. The van der Waals surface area contributed by atoms with Crippen molar-refractivity contribution in [3.63, 3.8) is 0 Å². The molecule has 0 spiro atoms. The molecule has 0 aliphatic heterocycles. The summed E-state index contributed by atoms with van der Waals surface area (Å²) >= 11 is 0. The van der Waals surface area contributed by atoms with Crippen LogP contribution >= 0.6 is 0 Å². The number of nitrogens with two attached hydrogens (primary N) is 1. The van der Waals surface area contributed by atoms with Gasteiger partial charge < -0.3 is 15.8 Å². The van der Waals surface area contributed by atoms with Gasteiger partial charge in [-0.15, -0.1) is 0 Å². The minimum absolute atomic E-state index is 0.0265. The molecular formula is C41H60N2O3. The van der Waals surface area contributed by atoms with Crippen LogP contribution in [0.5, 0.6) is 0 Å². The van der Waals surface area contributed by atoms with Crippen molar-refractivity contribution < 1.29 is 14.3 Å². The van der Waals surface area contributed by atoms with Crippen LogP contribution in [0.15, 0.2) is 42.5 Å². The molecule has 5 aliphatic carbocycles. The summed E-state index contributed by atoms with van der Waals surface area (Å²) < 4.78 is 4.95. The summed E-state index contributed by atoms with van der Waals surface area (Å²) in [5.41, 5.74) is 10.7. The first-order chi connectivity index (χ1) is 21.7. The highest BCUT2D eigenvalue weighted by Crippen LogP contribution is 2.77. The molecular weight excluding hydrogens is 568 g/mol. The van der Waals surface area contributed by atoms with Crippen LogP contribution in [0, 0.1) is 56.7 Å². The Labute approximate surface area is 278 Å². The Morgan fingerprint density at radius 2 is 1.65 bits per heavy atom. The number of amides is 1. The summed E-state index contributed by atoms with van der Waals surface area (Å²) in [6.07, 6.45) is 13.7. The first-order valence-corrected chi connectivity index (χ1v) is 18.2. The van der Waals surface area contributed by atoms with E-state index in [9.17, 15) is 9.59 Å². The van der Waals surface area contributed by atoms with Gasteiger partial charge in [0.1, 0.15) is 0 Å². The predicted octanol–water partition coefficient (Wildman–Crippen LogP) is 8.59. The summed E-state index contributed by atoms with van der Waals surface area (Å²) in [4.78, 5) is 26.2. The molecule has 4 saturated carbocycles. The van der Waals surface area contributed by atoms with E-state index < -0.39 is 0 Å². The van der Waals surface area contributed by atoms with Crippen LogP contribution in [0.4, 0.5) is 0 Å². The van der Waals surface area contributed by atoms with E-state index in [-0.39, 0.29) is 33.0 Å². The number of methoxy groups -OCH3 is 1. The second-order valence-electron chi connectivity index (χ2n) is 17.4. The van der Waals surface area contributed by atoms with E-state index in [0.717, 1.165) is 38.5 Å². The molecule has 0 heterocycles. The zero-order chi connectivity index (χ0) is 33.3. The highest BCUT2D eigenvalue weighted by molar-refractivity contribution is 5.90. The number of carbonyl (C=O) groups excluding carboxylic acids is 2. The van der Waals surface area contributed by atoms with E-state index in [1.165, 1.54) is 49.5 Å². The lowest BCUT2D eigenvalue weighted by atomic mass is 9.32. The van der Waals surface area contributed by atoms with Crippen LogP contribution in [0.3, 0.4) is 0 Å². The third-order valence-corrected chi connectivity index (χ3v) is 15.4. The van der Waals surface area contributed by atoms with Gasteiger partial charge in [0.05, 0.1) is 18.1 Å². The Bertz CT molecular complexity index is 1410. The zero-order valence-corrected chi connectivity index (χ0v) is 29.8. The number of benzene rings is 1.